The number of rotatable bonds is 5. The van der Waals surface area contributed by atoms with Crippen LogP contribution in [0.3, 0.4) is 0 Å². The Morgan fingerprint density at radius 3 is 2.61 bits per heavy atom. The maximum Gasteiger partial charge on any atom is 0.409 e. The lowest BCUT2D eigenvalue weighted by Gasteiger charge is -2.49. The Morgan fingerprint density at radius 1 is 1.21 bits per heavy atom. The predicted molar refractivity (Wildman–Crippen MR) is 107 cm³/mol. The first-order valence-corrected chi connectivity index (χ1v) is 10.9. The average molecular weight is 385 g/mol. The molecule has 3 atom stereocenters. The van der Waals surface area contributed by atoms with Gasteiger partial charge in [0.05, 0.1) is 18.8 Å². The molecule has 1 spiro atoms. The highest BCUT2D eigenvalue weighted by Crippen LogP contribution is 2.55. The third-order valence-corrected chi connectivity index (χ3v) is 7.59. The molecule has 0 aromatic heterocycles. The summed E-state index contributed by atoms with van der Waals surface area (Å²) in [5.41, 5.74) is 1.64. The van der Waals surface area contributed by atoms with Gasteiger partial charge in [-0.3, -0.25) is 4.90 Å². The van der Waals surface area contributed by atoms with E-state index in [1.54, 1.807) is 0 Å². The number of fused-ring (bicyclic) bond motifs is 1. The molecule has 4 fully saturated rings. The second kappa shape index (κ2) is 7.03. The van der Waals surface area contributed by atoms with Crippen molar-refractivity contribution in [2.24, 2.45) is 17.3 Å². The number of nitrogens with zero attached hydrogens (tertiary/aromatic N) is 2. The molecule has 2 saturated carbocycles. The zero-order valence-corrected chi connectivity index (χ0v) is 17.0. The Balaban J connectivity index is 1.07. The van der Waals surface area contributed by atoms with Gasteiger partial charge in [0.15, 0.2) is 0 Å². The van der Waals surface area contributed by atoms with Gasteiger partial charge in [-0.1, -0.05) is 30.3 Å². The molecule has 28 heavy (non-hydrogen) atoms. The largest absolute Gasteiger partial charge is 0.450 e. The summed E-state index contributed by atoms with van der Waals surface area (Å²) in [6.45, 7) is 8.66. The molecule has 0 radical (unpaired) electrons. The summed E-state index contributed by atoms with van der Waals surface area (Å²) in [7, 11) is 0. The highest BCUT2D eigenvalue weighted by atomic mass is 16.6. The van der Waals surface area contributed by atoms with E-state index in [1.165, 1.54) is 31.5 Å². The Kier molecular flexibility index (Phi) is 4.63. The van der Waals surface area contributed by atoms with Gasteiger partial charge in [0.25, 0.3) is 0 Å². The SMILES string of the molecule is CCOC(=O)N1CCC2(CC(N3CC4C(C3)C4OC(C)c3ccccc3)C2)C1. The molecular weight excluding hydrogens is 352 g/mol. The lowest BCUT2D eigenvalue weighted by molar-refractivity contribution is -0.0137. The standard InChI is InChI=1S/C23H32N2O3/c1-3-27-22(26)24-10-9-23(15-24)11-18(12-23)25-13-19-20(14-25)21(19)28-16(2)17-7-5-4-6-8-17/h4-8,16,18-21H,3,9-15H2,1-2H3. The van der Waals surface area contributed by atoms with Crippen LogP contribution in [0, 0.1) is 17.3 Å². The summed E-state index contributed by atoms with van der Waals surface area (Å²) >= 11 is 0. The van der Waals surface area contributed by atoms with E-state index in [4.69, 9.17) is 9.47 Å². The Hall–Kier alpha value is -1.59. The van der Waals surface area contributed by atoms with Crippen molar-refractivity contribution in [2.75, 3.05) is 32.8 Å². The van der Waals surface area contributed by atoms with Crippen LogP contribution >= 0.6 is 0 Å². The minimum atomic E-state index is -0.127. The van der Waals surface area contributed by atoms with E-state index in [2.05, 4.69) is 42.2 Å². The number of benzene rings is 1. The predicted octanol–water partition coefficient (Wildman–Crippen LogP) is 3.71. The number of carbonyl (C=O) groups excluding carboxylic acids is 1. The molecular formula is C23H32N2O3. The first-order valence-electron chi connectivity index (χ1n) is 10.9. The molecule has 2 saturated heterocycles. The van der Waals surface area contributed by atoms with Gasteiger partial charge in [-0.25, -0.2) is 4.79 Å². The maximum atomic E-state index is 12.0. The van der Waals surface area contributed by atoms with Gasteiger partial charge in [-0.05, 0) is 44.1 Å². The van der Waals surface area contributed by atoms with Crippen molar-refractivity contribution in [3.63, 3.8) is 0 Å². The monoisotopic (exact) mass is 384 g/mol. The van der Waals surface area contributed by atoms with E-state index < -0.39 is 0 Å². The van der Waals surface area contributed by atoms with Crippen molar-refractivity contribution in [1.29, 1.82) is 0 Å². The Labute approximate surface area is 168 Å². The third-order valence-electron chi connectivity index (χ3n) is 7.59. The van der Waals surface area contributed by atoms with Crippen LogP contribution in [0.15, 0.2) is 30.3 Å². The Bertz CT molecular complexity index is 706. The first-order chi connectivity index (χ1) is 13.6. The summed E-state index contributed by atoms with van der Waals surface area (Å²) in [5.74, 6) is 1.45. The lowest BCUT2D eigenvalue weighted by atomic mass is 9.64. The molecule has 5 nitrogen and oxygen atoms in total. The van der Waals surface area contributed by atoms with Crippen molar-refractivity contribution < 1.29 is 14.3 Å². The molecule has 2 aliphatic carbocycles. The molecule has 0 bridgehead atoms. The molecule has 2 heterocycles. The second-order valence-electron chi connectivity index (χ2n) is 9.37. The first kappa shape index (κ1) is 18.4. The molecule has 1 aromatic rings. The number of hydrogen-bond acceptors (Lipinski definition) is 4. The van der Waals surface area contributed by atoms with Gasteiger partial charge in [-0.15, -0.1) is 0 Å². The summed E-state index contributed by atoms with van der Waals surface area (Å²) in [6.07, 6.45) is 4.14. The summed E-state index contributed by atoms with van der Waals surface area (Å²) in [6, 6.07) is 11.3. The molecule has 3 unspecified atom stereocenters. The second-order valence-corrected chi connectivity index (χ2v) is 9.37. The van der Waals surface area contributed by atoms with Crippen molar-refractivity contribution >= 4 is 6.09 Å². The van der Waals surface area contributed by atoms with E-state index in [0.717, 1.165) is 31.3 Å². The number of carbonyl (C=O) groups is 1. The fraction of sp³-hybridized carbons (Fsp3) is 0.696. The summed E-state index contributed by atoms with van der Waals surface area (Å²) in [5, 5.41) is 0. The van der Waals surface area contributed by atoms with Crippen molar-refractivity contribution in [1.82, 2.24) is 9.80 Å². The summed E-state index contributed by atoms with van der Waals surface area (Å²) < 4.78 is 11.5. The van der Waals surface area contributed by atoms with Gasteiger partial charge in [0, 0.05) is 44.1 Å². The fourth-order valence-electron chi connectivity index (χ4n) is 5.88. The number of likely N-dealkylation sites (tertiary alicyclic amines) is 2. The van der Waals surface area contributed by atoms with Crippen LogP contribution in [0.5, 0.6) is 0 Å². The summed E-state index contributed by atoms with van der Waals surface area (Å²) in [4.78, 5) is 16.6. The number of piperidine rings is 1. The molecule has 5 heteroatoms. The van der Waals surface area contributed by atoms with Crippen LogP contribution in [-0.2, 0) is 9.47 Å². The van der Waals surface area contributed by atoms with Crippen LogP contribution in [0.25, 0.3) is 0 Å². The molecule has 4 aliphatic rings. The molecule has 152 valence electrons. The van der Waals surface area contributed by atoms with Crippen LogP contribution in [0.1, 0.15) is 44.8 Å². The zero-order chi connectivity index (χ0) is 19.3. The van der Waals surface area contributed by atoms with Crippen LogP contribution in [0.4, 0.5) is 4.79 Å². The number of amides is 1. The van der Waals surface area contributed by atoms with E-state index >= 15 is 0 Å². The molecule has 1 aromatic carbocycles. The van der Waals surface area contributed by atoms with E-state index in [-0.39, 0.29) is 12.2 Å². The van der Waals surface area contributed by atoms with E-state index in [1.807, 2.05) is 11.8 Å². The maximum absolute atomic E-state index is 12.0. The Morgan fingerprint density at radius 2 is 1.93 bits per heavy atom. The molecule has 1 amide bonds. The highest BCUT2D eigenvalue weighted by molar-refractivity contribution is 5.68. The zero-order valence-electron chi connectivity index (χ0n) is 17.0. The molecule has 0 N–H and O–H groups in total. The van der Waals surface area contributed by atoms with Gasteiger partial charge in [-0.2, -0.15) is 0 Å². The van der Waals surface area contributed by atoms with Crippen molar-refractivity contribution in [2.45, 2.75) is 51.4 Å². The smallest absolute Gasteiger partial charge is 0.409 e. The average Bonchev–Trinajstić information content (AvgIpc) is 3.08. The third kappa shape index (κ3) is 3.22. The van der Waals surface area contributed by atoms with Gasteiger partial charge >= 0.3 is 6.09 Å². The lowest BCUT2D eigenvalue weighted by Crippen LogP contribution is -2.52. The fourth-order valence-corrected chi connectivity index (χ4v) is 5.88. The quantitative estimate of drug-likeness (QED) is 0.776. The van der Waals surface area contributed by atoms with E-state index in [0.29, 0.717) is 24.2 Å². The number of ether oxygens (including phenoxy) is 2. The van der Waals surface area contributed by atoms with E-state index in [9.17, 15) is 4.79 Å². The topological polar surface area (TPSA) is 42.0 Å². The van der Waals surface area contributed by atoms with Crippen LogP contribution < -0.4 is 0 Å². The highest BCUT2D eigenvalue weighted by Gasteiger charge is 2.61. The van der Waals surface area contributed by atoms with Gasteiger partial charge < -0.3 is 14.4 Å². The van der Waals surface area contributed by atoms with Crippen molar-refractivity contribution in [3.8, 4) is 0 Å². The number of hydrogen-bond donors (Lipinski definition) is 0. The normalized spacial score (nSPS) is 37.6. The molecule has 2 aliphatic heterocycles. The minimum absolute atomic E-state index is 0.127. The van der Waals surface area contributed by atoms with Crippen LogP contribution in [-0.4, -0.2) is 60.8 Å². The minimum Gasteiger partial charge on any atom is -0.450 e. The van der Waals surface area contributed by atoms with Crippen LogP contribution in [0.2, 0.25) is 0 Å². The van der Waals surface area contributed by atoms with Crippen molar-refractivity contribution in [3.05, 3.63) is 35.9 Å². The molecule has 5 rings (SSSR count). The van der Waals surface area contributed by atoms with Gasteiger partial charge in [0.2, 0.25) is 0 Å². The van der Waals surface area contributed by atoms with Gasteiger partial charge in [0.1, 0.15) is 0 Å².